The molecular weight excluding hydrogens is 120 g/mol. The monoisotopic (exact) mass is 140 g/mol. The van der Waals surface area contributed by atoms with Gasteiger partial charge < -0.3 is 0 Å². The summed E-state index contributed by atoms with van der Waals surface area (Å²) in [6, 6.07) is 0. The maximum absolute atomic E-state index is 3.00. The van der Waals surface area contributed by atoms with Crippen LogP contribution in [0.1, 0.15) is 39.5 Å². The van der Waals surface area contributed by atoms with Crippen LogP contribution in [-0.4, -0.2) is 0 Å². The third-order valence-corrected chi connectivity index (χ3v) is 2.20. The molecule has 10 heavy (non-hydrogen) atoms. The second kappa shape index (κ2) is 5.52. The SMILES string of the molecule is C=C.CC1CCCC(C)C1. The highest BCUT2D eigenvalue weighted by atomic mass is 14.2. The fraction of sp³-hybridized carbons (Fsp3) is 0.800. The van der Waals surface area contributed by atoms with E-state index in [4.69, 9.17) is 0 Å². The number of rotatable bonds is 0. The van der Waals surface area contributed by atoms with Gasteiger partial charge in [0.25, 0.3) is 0 Å². The first kappa shape index (κ1) is 9.74. The van der Waals surface area contributed by atoms with E-state index in [0.717, 1.165) is 11.8 Å². The van der Waals surface area contributed by atoms with Gasteiger partial charge in [0.2, 0.25) is 0 Å². The van der Waals surface area contributed by atoms with Crippen molar-refractivity contribution in [1.29, 1.82) is 0 Å². The zero-order valence-electron chi connectivity index (χ0n) is 7.40. The number of hydrogen-bond donors (Lipinski definition) is 0. The normalized spacial score (nSPS) is 32.2. The van der Waals surface area contributed by atoms with Gasteiger partial charge in [0.05, 0.1) is 0 Å². The van der Waals surface area contributed by atoms with Crippen LogP contribution in [0.15, 0.2) is 13.2 Å². The van der Waals surface area contributed by atoms with Crippen molar-refractivity contribution < 1.29 is 0 Å². The molecule has 2 atom stereocenters. The van der Waals surface area contributed by atoms with E-state index in [1.807, 2.05) is 0 Å². The van der Waals surface area contributed by atoms with Gasteiger partial charge in [0.1, 0.15) is 0 Å². The van der Waals surface area contributed by atoms with Crippen LogP contribution in [0.2, 0.25) is 0 Å². The summed E-state index contributed by atoms with van der Waals surface area (Å²) >= 11 is 0. The van der Waals surface area contributed by atoms with E-state index in [0.29, 0.717) is 0 Å². The Balaban J connectivity index is 0.000000371. The van der Waals surface area contributed by atoms with Gasteiger partial charge >= 0.3 is 0 Å². The molecule has 0 bridgehead atoms. The predicted molar refractivity (Wildman–Crippen MR) is 48.1 cm³/mol. The third kappa shape index (κ3) is 3.71. The molecule has 1 fully saturated rings. The van der Waals surface area contributed by atoms with E-state index in [-0.39, 0.29) is 0 Å². The van der Waals surface area contributed by atoms with Gasteiger partial charge in [0, 0.05) is 0 Å². The van der Waals surface area contributed by atoms with Crippen molar-refractivity contribution in [2.75, 3.05) is 0 Å². The highest BCUT2D eigenvalue weighted by Gasteiger charge is 2.13. The van der Waals surface area contributed by atoms with Gasteiger partial charge in [-0.3, -0.25) is 0 Å². The van der Waals surface area contributed by atoms with E-state index in [9.17, 15) is 0 Å². The van der Waals surface area contributed by atoms with Gasteiger partial charge in [-0.2, -0.15) is 0 Å². The molecule has 0 heteroatoms. The van der Waals surface area contributed by atoms with Gasteiger partial charge in [-0.15, -0.1) is 13.2 Å². The van der Waals surface area contributed by atoms with Crippen molar-refractivity contribution in [3.05, 3.63) is 13.2 Å². The minimum absolute atomic E-state index is 1.01. The van der Waals surface area contributed by atoms with Crippen LogP contribution < -0.4 is 0 Å². The zero-order chi connectivity index (χ0) is 7.98. The first-order valence-corrected chi connectivity index (χ1v) is 4.29. The Morgan fingerprint density at radius 3 is 1.60 bits per heavy atom. The third-order valence-electron chi connectivity index (χ3n) is 2.20. The Labute approximate surface area is 65.3 Å². The Bertz CT molecular complexity index is 68.1. The molecule has 0 radical (unpaired) electrons. The molecule has 1 aliphatic rings. The first-order valence-electron chi connectivity index (χ1n) is 4.29. The van der Waals surface area contributed by atoms with Crippen LogP contribution in [0.3, 0.4) is 0 Å². The molecule has 2 unspecified atom stereocenters. The van der Waals surface area contributed by atoms with E-state index in [2.05, 4.69) is 27.0 Å². The molecule has 0 aromatic heterocycles. The quantitative estimate of drug-likeness (QED) is 0.451. The Kier molecular flexibility index (Phi) is 5.38. The second-order valence-electron chi connectivity index (χ2n) is 3.38. The molecule has 1 aliphatic carbocycles. The Hall–Kier alpha value is -0.260. The molecule has 0 aromatic rings. The molecule has 0 amide bonds. The molecule has 60 valence electrons. The van der Waals surface area contributed by atoms with Crippen LogP contribution in [-0.2, 0) is 0 Å². The fourth-order valence-electron chi connectivity index (χ4n) is 1.74. The molecule has 0 saturated heterocycles. The molecule has 0 aromatic carbocycles. The molecule has 1 saturated carbocycles. The van der Waals surface area contributed by atoms with E-state index in [1.54, 1.807) is 0 Å². The van der Waals surface area contributed by atoms with Gasteiger partial charge in [-0.05, 0) is 18.3 Å². The fourth-order valence-corrected chi connectivity index (χ4v) is 1.74. The van der Waals surface area contributed by atoms with Crippen molar-refractivity contribution in [1.82, 2.24) is 0 Å². The molecule has 0 spiro atoms. The summed E-state index contributed by atoms with van der Waals surface area (Å²) in [5, 5.41) is 0. The lowest BCUT2D eigenvalue weighted by Gasteiger charge is -2.22. The van der Waals surface area contributed by atoms with Crippen LogP contribution in [0.25, 0.3) is 0 Å². The summed E-state index contributed by atoms with van der Waals surface area (Å²) in [7, 11) is 0. The smallest absolute Gasteiger partial charge is 0.0440 e. The summed E-state index contributed by atoms with van der Waals surface area (Å²) in [6.45, 7) is 10.7. The topological polar surface area (TPSA) is 0 Å². The summed E-state index contributed by atoms with van der Waals surface area (Å²) < 4.78 is 0. The zero-order valence-corrected chi connectivity index (χ0v) is 7.40. The molecule has 1 rings (SSSR count). The molecule has 0 aliphatic heterocycles. The van der Waals surface area contributed by atoms with Gasteiger partial charge in [-0.25, -0.2) is 0 Å². The highest BCUT2D eigenvalue weighted by Crippen LogP contribution is 2.27. The molecule has 0 N–H and O–H groups in total. The van der Waals surface area contributed by atoms with Crippen molar-refractivity contribution >= 4 is 0 Å². The maximum Gasteiger partial charge on any atom is -0.0440 e. The highest BCUT2D eigenvalue weighted by molar-refractivity contribution is 4.66. The Morgan fingerprint density at radius 2 is 1.40 bits per heavy atom. The lowest BCUT2D eigenvalue weighted by Crippen LogP contribution is -2.09. The summed E-state index contributed by atoms with van der Waals surface area (Å²) in [4.78, 5) is 0. The molecule has 0 nitrogen and oxygen atoms in total. The van der Waals surface area contributed by atoms with E-state index < -0.39 is 0 Å². The summed E-state index contributed by atoms with van der Waals surface area (Å²) in [6.07, 6.45) is 5.90. The summed E-state index contributed by atoms with van der Waals surface area (Å²) in [5.74, 6) is 2.03. The van der Waals surface area contributed by atoms with Crippen LogP contribution in [0.5, 0.6) is 0 Å². The van der Waals surface area contributed by atoms with Crippen molar-refractivity contribution in [2.24, 2.45) is 11.8 Å². The molecule has 0 heterocycles. The second-order valence-corrected chi connectivity index (χ2v) is 3.38. The Morgan fingerprint density at radius 1 is 1.00 bits per heavy atom. The predicted octanol–water partition coefficient (Wildman–Crippen LogP) is 3.63. The van der Waals surface area contributed by atoms with E-state index in [1.165, 1.54) is 25.7 Å². The average Bonchev–Trinajstić information content (AvgIpc) is 1.91. The summed E-state index contributed by atoms with van der Waals surface area (Å²) in [5.41, 5.74) is 0. The van der Waals surface area contributed by atoms with Crippen molar-refractivity contribution in [3.8, 4) is 0 Å². The van der Waals surface area contributed by atoms with E-state index >= 15 is 0 Å². The lowest BCUT2D eigenvalue weighted by atomic mass is 9.84. The van der Waals surface area contributed by atoms with Crippen LogP contribution in [0, 0.1) is 11.8 Å². The minimum atomic E-state index is 1.01. The first-order chi connectivity index (χ1) is 4.79. The largest absolute Gasteiger partial charge is 0.106 e. The number of hydrogen-bond acceptors (Lipinski definition) is 0. The average molecular weight is 140 g/mol. The van der Waals surface area contributed by atoms with Crippen LogP contribution >= 0.6 is 0 Å². The van der Waals surface area contributed by atoms with Crippen LogP contribution in [0.4, 0.5) is 0 Å². The molecular formula is C10H20. The van der Waals surface area contributed by atoms with Crippen molar-refractivity contribution in [3.63, 3.8) is 0 Å². The van der Waals surface area contributed by atoms with Gasteiger partial charge in [-0.1, -0.05) is 33.1 Å². The maximum atomic E-state index is 3.00. The van der Waals surface area contributed by atoms with Crippen molar-refractivity contribution in [2.45, 2.75) is 39.5 Å². The standard InChI is InChI=1S/C8H16.C2H4/c1-7-4-3-5-8(2)6-7;1-2/h7-8H,3-6H2,1-2H3;1-2H2. The van der Waals surface area contributed by atoms with Gasteiger partial charge in [0.15, 0.2) is 0 Å². The lowest BCUT2D eigenvalue weighted by molar-refractivity contribution is 0.301. The minimum Gasteiger partial charge on any atom is -0.106 e.